The average Bonchev–Trinajstić information content (AvgIpc) is 3.52. The van der Waals surface area contributed by atoms with E-state index in [1.165, 1.54) is 212 Å². The van der Waals surface area contributed by atoms with E-state index in [1.54, 1.807) is 6.08 Å². The molecule has 1 heterocycles. The lowest BCUT2D eigenvalue weighted by Gasteiger charge is -2.41. The number of unbranched alkanes of at least 4 members (excludes halogenated alkanes) is 41. The molecule has 0 aromatic heterocycles. The summed E-state index contributed by atoms with van der Waals surface area (Å²) in [7, 11) is 0. The molecule has 486 valence electrons. The minimum atomic E-state index is -1.62. The van der Waals surface area contributed by atoms with Crippen molar-refractivity contribution in [2.45, 2.75) is 384 Å². The van der Waals surface area contributed by atoms with Gasteiger partial charge in [-0.05, 0) is 64.2 Å². The molecular formula is C72H133NO10. The Morgan fingerprint density at radius 1 is 0.470 bits per heavy atom. The zero-order valence-electron chi connectivity index (χ0n) is 54.1. The molecule has 6 N–H and O–H groups in total. The van der Waals surface area contributed by atoms with Crippen LogP contribution in [0.1, 0.15) is 335 Å². The van der Waals surface area contributed by atoms with Gasteiger partial charge in [0.05, 0.1) is 25.4 Å². The lowest BCUT2D eigenvalue weighted by Crippen LogP contribution is -2.61. The van der Waals surface area contributed by atoms with Gasteiger partial charge in [-0.1, -0.05) is 313 Å². The van der Waals surface area contributed by atoms with Crippen molar-refractivity contribution in [1.29, 1.82) is 0 Å². The van der Waals surface area contributed by atoms with E-state index in [0.717, 1.165) is 77.0 Å². The number of ether oxygens (including phenoxy) is 3. The highest BCUT2D eigenvalue weighted by molar-refractivity contribution is 5.80. The maximum absolute atomic E-state index is 13.4. The molecule has 0 aliphatic carbocycles. The van der Waals surface area contributed by atoms with Crippen LogP contribution in [0.4, 0.5) is 0 Å². The maximum atomic E-state index is 13.4. The number of hydrogen-bond acceptors (Lipinski definition) is 10. The Labute approximate surface area is 510 Å². The Morgan fingerprint density at radius 2 is 0.831 bits per heavy atom. The summed E-state index contributed by atoms with van der Waals surface area (Å²) in [5.74, 6) is -1.21. The highest BCUT2D eigenvalue weighted by atomic mass is 16.7. The number of carbonyl (C=O) groups is 2. The molecule has 1 amide bonds. The van der Waals surface area contributed by atoms with Crippen molar-refractivity contribution < 1.29 is 49.3 Å². The number of esters is 1. The molecule has 0 aromatic rings. The van der Waals surface area contributed by atoms with Crippen molar-refractivity contribution in [3.8, 4) is 0 Å². The van der Waals surface area contributed by atoms with Crippen LogP contribution in [0.15, 0.2) is 48.6 Å². The fourth-order valence-electron chi connectivity index (χ4n) is 11.1. The molecular weight excluding hydrogens is 1040 g/mol. The summed E-state index contributed by atoms with van der Waals surface area (Å²) >= 11 is 0. The largest absolute Gasteiger partial charge is 0.454 e. The zero-order valence-corrected chi connectivity index (χ0v) is 54.1. The van der Waals surface area contributed by atoms with Crippen molar-refractivity contribution in [3.63, 3.8) is 0 Å². The third-order valence-corrected chi connectivity index (χ3v) is 16.7. The maximum Gasteiger partial charge on any atom is 0.306 e. The van der Waals surface area contributed by atoms with Crippen LogP contribution in [-0.4, -0.2) is 99.6 Å². The van der Waals surface area contributed by atoms with Crippen LogP contribution in [-0.2, 0) is 23.8 Å². The summed E-state index contributed by atoms with van der Waals surface area (Å²) in [6, 6.07) is -1.03. The molecule has 1 fully saturated rings. The van der Waals surface area contributed by atoms with E-state index in [4.69, 9.17) is 14.2 Å². The number of aliphatic hydroxyl groups excluding tert-OH is 5. The molecule has 0 spiro atoms. The minimum absolute atomic E-state index is 0.125. The van der Waals surface area contributed by atoms with E-state index in [2.05, 4.69) is 62.5 Å². The molecule has 8 unspecified atom stereocenters. The number of hydrogen-bond donors (Lipinski definition) is 6. The quantitative estimate of drug-likeness (QED) is 0.0195. The SMILES string of the molecule is CCCCC/C=C\C/C=C\C/C=C\CCCCCC(O)C(=O)NC(COC1OC(CO)C(O)C(O)C1OC(=O)CCCCCCCCCCCCCCCCCCCCCCCCCCCCC)C(O)/C=C/CCCCCCCCCCC. The second-order valence-corrected chi connectivity index (χ2v) is 24.6. The van der Waals surface area contributed by atoms with Gasteiger partial charge in [0, 0.05) is 6.42 Å². The molecule has 0 aromatic carbocycles. The van der Waals surface area contributed by atoms with Crippen LogP contribution < -0.4 is 5.32 Å². The predicted molar refractivity (Wildman–Crippen MR) is 347 cm³/mol. The van der Waals surface area contributed by atoms with E-state index in [1.807, 2.05) is 6.08 Å². The van der Waals surface area contributed by atoms with Gasteiger partial charge in [-0.25, -0.2) is 0 Å². The van der Waals surface area contributed by atoms with Gasteiger partial charge in [0.1, 0.15) is 24.4 Å². The third-order valence-electron chi connectivity index (χ3n) is 16.7. The van der Waals surface area contributed by atoms with Gasteiger partial charge in [0.15, 0.2) is 12.4 Å². The minimum Gasteiger partial charge on any atom is -0.454 e. The lowest BCUT2D eigenvalue weighted by atomic mass is 9.99. The van der Waals surface area contributed by atoms with Gasteiger partial charge in [0.2, 0.25) is 5.91 Å². The molecule has 8 atom stereocenters. The van der Waals surface area contributed by atoms with Crippen LogP contribution in [0.3, 0.4) is 0 Å². The first-order valence-corrected chi connectivity index (χ1v) is 35.4. The summed E-state index contributed by atoms with van der Waals surface area (Å²) in [6.45, 7) is 5.78. The van der Waals surface area contributed by atoms with Crippen molar-refractivity contribution in [3.05, 3.63) is 48.6 Å². The van der Waals surface area contributed by atoms with Crippen molar-refractivity contribution in [2.24, 2.45) is 0 Å². The van der Waals surface area contributed by atoms with Crippen molar-refractivity contribution in [2.75, 3.05) is 13.2 Å². The first-order valence-electron chi connectivity index (χ1n) is 35.4. The van der Waals surface area contributed by atoms with Gasteiger partial charge in [-0.3, -0.25) is 9.59 Å². The normalized spacial score (nSPS) is 18.8. The first-order chi connectivity index (χ1) is 40.7. The summed E-state index contributed by atoms with van der Waals surface area (Å²) in [6.07, 6.45) is 64.6. The zero-order chi connectivity index (χ0) is 60.3. The van der Waals surface area contributed by atoms with E-state index >= 15 is 0 Å². The Balaban J connectivity index is 2.52. The van der Waals surface area contributed by atoms with Gasteiger partial charge >= 0.3 is 5.97 Å². The van der Waals surface area contributed by atoms with Crippen LogP contribution in [0.5, 0.6) is 0 Å². The molecule has 83 heavy (non-hydrogen) atoms. The number of rotatable bonds is 61. The van der Waals surface area contributed by atoms with E-state index < -0.39 is 67.4 Å². The van der Waals surface area contributed by atoms with E-state index in [9.17, 15) is 35.1 Å². The Kier molecular flexibility index (Phi) is 56.8. The van der Waals surface area contributed by atoms with Crippen LogP contribution >= 0.6 is 0 Å². The third kappa shape index (κ3) is 47.4. The molecule has 1 rings (SSSR count). The van der Waals surface area contributed by atoms with Crippen LogP contribution in [0.25, 0.3) is 0 Å². The van der Waals surface area contributed by atoms with Gasteiger partial charge < -0.3 is 45.1 Å². The summed E-state index contributed by atoms with van der Waals surface area (Å²) < 4.78 is 17.7. The Hall–Kier alpha value is -2.38. The second kappa shape index (κ2) is 59.9. The highest BCUT2D eigenvalue weighted by Gasteiger charge is 2.47. The second-order valence-electron chi connectivity index (χ2n) is 24.6. The molecule has 1 saturated heterocycles. The number of amides is 1. The molecule has 11 heteroatoms. The van der Waals surface area contributed by atoms with Gasteiger partial charge in [0.25, 0.3) is 0 Å². The van der Waals surface area contributed by atoms with Gasteiger partial charge in [-0.15, -0.1) is 0 Å². The van der Waals surface area contributed by atoms with Crippen LogP contribution in [0.2, 0.25) is 0 Å². The van der Waals surface area contributed by atoms with Gasteiger partial charge in [-0.2, -0.15) is 0 Å². The molecule has 1 aliphatic rings. The monoisotopic (exact) mass is 1170 g/mol. The Bertz CT molecular complexity index is 1540. The Morgan fingerprint density at radius 3 is 1.27 bits per heavy atom. The average molecular weight is 1170 g/mol. The summed E-state index contributed by atoms with van der Waals surface area (Å²) in [5, 5.41) is 57.1. The first kappa shape index (κ1) is 78.6. The summed E-state index contributed by atoms with van der Waals surface area (Å²) in [5.41, 5.74) is 0. The molecule has 11 nitrogen and oxygen atoms in total. The summed E-state index contributed by atoms with van der Waals surface area (Å²) in [4.78, 5) is 26.6. The van der Waals surface area contributed by atoms with Crippen LogP contribution in [0, 0.1) is 0 Å². The van der Waals surface area contributed by atoms with E-state index in [-0.39, 0.29) is 19.4 Å². The smallest absolute Gasteiger partial charge is 0.306 e. The van der Waals surface area contributed by atoms with Crippen molar-refractivity contribution >= 4 is 11.9 Å². The predicted octanol–water partition coefficient (Wildman–Crippen LogP) is 18.0. The topological polar surface area (TPSA) is 175 Å². The standard InChI is InChI=1S/C72H133NO10/c1-4-7-10-13-16-19-22-24-26-28-29-30-31-32-33-34-35-36-37-38-40-42-45-48-51-54-57-60-67(77)83-70-69(79)68(78)66(61-74)82-72(70)81-62-63(64(75)58-55-52-49-46-43-21-18-15-12-9-6-3)73-71(80)65(76)59-56-53-50-47-44-41-39-27-25-23-20-17-14-11-8-5-2/h17,20,25,27,41,44,55,58,63-66,68-70,72,74-76,78-79H,4-16,18-19,21-24,26,28-40,42-43,45-54,56-57,59-62H2,1-3H3,(H,73,80)/b20-17-,27-25-,44-41-,58-55+. The molecule has 1 aliphatic heterocycles. The number of carbonyl (C=O) groups excluding carboxylic acids is 2. The number of aliphatic hydroxyl groups is 5. The fourth-order valence-corrected chi connectivity index (χ4v) is 11.1. The fraction of sp³-hybridized carbons (Fsp3) is 0.861. The number of nitrogens with one attached hydrogen (secondary N) is 1. The number of allylic oxidation sites excluding steroid dienone is 7. The van der Waals surface area contributed by atoms with Crippen molar-refractivity contribution in [1.82, 2.24) is 5.32 Å². The molecule has 0 saturated carbocycles. The van der Waals surface area contributed by atoms with E-state index in [0.29, 0.717) is 12.8 Å². The lowest BCUT2D eigenvalue weighted by molar-refractivity contribution is -0.305. The highest BCUT2D eigenvalue weighted by Crippen LogP contribution is 2.26. The molecule has 0 bridgehead atoms. The molecule has 0 radical (unpaired) electrons.